The van der Waals surface area contributed by atoms with Gasteiger partial charge in [-0.05, 0) is 30.8 Å². The molecule has 1 aromatic carbocycles. The van der Waals surface area contributed by atoms with Crippen LogP contribution in [0.3, 0.4) is 0 Å². The molecule has 1 heterocycles. The second-order valence-corrected chi connectivity index (χ2v) is 5.61. The normalized spacial score (nSPS) is 10.3. The van der Waals surface area contributed by atoms with Gasteiger partial charge < -0.3 is 14.8 Å². The van der Waals surface area contributed by atoms with Gasteiger partial charge >= 0.3 is 5.97 Å². The number of carbonyl (C=O) groups is 2. The van der Waals surface area contributed by atoms with Crippen LogP contribution in [0.2, 0.25) is 0 Å². The maximum Gasteiger partial charge on any atom is 0.343 e. The van der Waals surface area contributed by atoms with E-state index in [2.05, 4.69) is 20.3 Å². The molecule has 0 saturated carbocycles. The Morgan fingerprint density at radius 3 is 2.92 bits per heavy atom. The van der Waals surface area contributed by atoms with Crippen molar-refractivity contribution in [2.45, 2.75) is 26.3 Å². The van der Waals surface area contributed by atoms with Crippen LogP contribution in [0.25, 0.3) is 0 Å². The Balaban J connectivity index is 2.00. The van der Waals surface area contributed by atoms with Gasteiger partial charge in [0.1, 0.15) is 18.1 Å². The fraction of sp³-hybridized carbons (Fsp3) is 0.375. The number of aryl methyl sites for hydroxylation is 1. The Morgan fingerprint density at radius 1 is 1.40 bits per heavy atom. The van der Waals surface area contributed by atoms with E-state index >= 15 is 0 Å². The van der Waals surface area contributed by atoms with Gasteiger partial charge in [-0.15, -0.1) is 0 Å². The fourth-order valence-corrected chi connectivity index (χ4v) is 2.35. The summed E-state index contributed by atoms with van der Waals surface area (Å²) >= 11 is 5.16. The zero-order valence-electron chi connectivity index (χ0n) is 14.1. The molecule has 0 atom stereocenters. The van der Waals surface area contributed by atoms with Crippen molar-refractivity contribution >= 4 is 29.8 Å². The van der Waals surface area contributed by atoms with Crippen LogP contribution >= 0.6 is 12.2 Å². The van der Waals surface area contributed by atoms with Crippen LogP contribution in [-0.4, -0.2) is 40.4 Å². The van der Waals surface area contributed by atoms with Crippen molar-refractivity contribution in [1.29, 1.82) is 0 Å². The molecule has 2 N–H and O–H groups in total. The lowest BCUT2D eigenvalue weighted by molar-refractivity contribution is -0.142. The lowest BCUT2D eigenvalue weighted by Gasteiger charge is -2.10. The van der Waals surface area contributed by atoms with Crippen molar-refractivity contribution in [3.8, 4) is 5.75 Å². The molecule has 0 aliphatic rings. The van der Waals surface area contributed by atoms with E-state index in [0.29, 0.717) is 16.2 Å². The van der Waals surface area contributed by atoms with Crippen LogP contribution in [-0.2, 0) is 27.3 Å². The summed E-state index contributed by atoms with van der Waals surface area (Å²) in [4.78, 5) is 23.4. The van der Waals surface area contributed by atoms with Gasteiger partial charge in [0.15, 0.2) is 11.4 Å². The number of carbonyl (C=O) groups excluding carboxylic acids is 2. The van der Waals surface area contributed by atoms with Crippen LogP contribution in [0, 0.1) is 4.77 Å². The maximum atomic E-state index is 12.3. The summed E-state index contributed by atoms with van der Waals surface area (Å²) < 4.78 is 11.9. The summed E-state index contributed by atoms with van der Waals surface area (Å²) in [5, 5.41) is 9.61. The quantitative estimate of drug-likeness (QED) is 0.550. The minimum absolute atomic E-state index is 0.0674. The first-order valence-corrected chi connectivity index (χ1v) is 8.18. The van der Waals surface area contributed by atoms with Gasteiger partial charge in [0, 0.05) is 18.2 Å². The Bertz CT molecular complexity index is 799. The molecule has 0 fully saturated rings. The summed E-state index contributed by atoms with van der Waals surface area (Å²) in [6.45, 7) is 1.90. The molecule has 134 valence electrons. The van der Waals surface area contributed by atoms with Gasteiger partial charge in [0.25, 0.3) is 0 Å². The second kappa shape index (κ2) is 8.97. The fourth-order valence-electron chi connectivity index (χ4n) is 2.14. The predicted molar refractivity (Wildman–Crippen MR) is 94.0 cm³/mol. The van der Waals surface area contributed by atoms with E-state index in [-0.39, 0.29) is 19.1 Å². The maximum absolute atomic E-state index is 12.3. The van der Waals surface area contributed by atoms with Crippen molar-refractivity contribution in [2.75, 3.05) is 19.0 Å². The number of aromatic amines is 1. The number of benzene rings is 1. The SMILES string of the molecule is CCCc1n[nH]c(=S)n1CC(=O)Nc1cccc(OCC(=O)OC)c1. The van der Waals surface area contributed by atoms with E-state index in [1.54, 1.807) is 28.8 Å². The molecule has 1 amide bonds. The Kier molecular flexibility index (Phi) is 6.70. The van der Waals surface area contributed by atoms with E-state index < -0.39 is 5.97 Å². The number of rotatable bonds is 8. The molecule has 0 aliphatic carbocycles. The van der Waals surface area contributed by atoms with Gasteiger partial charge in [-0.2, -0.15) is 5.10 Å². The average molecular weight is 364 g/mol. The topological polar surface area (TPSA) is 98.2 Å². The number of amides is 1. The number of methoxy groups -OCH3 is 1. The highest BCUT2D eigenvalue weighted by Crippen LogP contribution is 2.17. The molecule has 0 unspecified atom stereocenters. The summed E-state index contributed by atoms with van der Waals surface area (Å²) in [5.74, 6) is 0.486. The molecule has 0 radical (unpaired) electrons. The number of nitrogens with one attached hydrogen (secondary N) is 2. The molecule has 8 nitrogen and oxygen atoms in total. The Morgan fingerprint density at radius 2 is 2.20 bits per heavy atom. The van der Waals surface area contributed by atoms with Crippen molar-refractivity contribution in [2.24, 2.45) is 0 Å². The number of hydrogen-bond donors (Lipinski definition) is 2. The highest BCUT2D eigenvalue weighted by Gasteiger charge is 2.11. The van der Waals surface area contributed by atoms with E-state index in [0.717, 1.165) is 18.7 Å². The standard InChI is InChI=1S/C16H20N4O4S/c1-3-5-13-18-19-16(25)20(13)9-14(21)17-11-6-4-7-12(8-11)24-10-15(22)23-2/h4,6-8H,3,5,9-10H2,1-2H3,(H,17,21)(H,19,25). The largest absolute Gasteiger partial charge is 0.482 e. The lowest BCUT2D eigenvalue weighted by atomic mass is 10.3. The van der Waals surface area contributed by atoms with E-state index in [1.165, 1.54) is 7.11 Å². The number of aromatic nitrogens is 3. The third-order valence-corrected chi connectivity index (χ3v) is 3.63. The number of ether oxygens (including phenoxy) is 2. The van der Waals surface area contributed by atoms with E-state index in [9.17, 15) is 9.59 Å². The zero-order chi connectivity index (χ0) is 18.2. The van der Waals surface area contributed by atoms with Gasteiger partial charge in [0.05, 0.1) is 7.11 Å². The van der Waals surface area contributed by atoms with Gasteiger partial charge in [-0.3, -0.25) is 14.5 Å². The summed E-state index contributed by atoms with van der Waals surface area (Å²) in [7, 11) is 1.29. The molecule has 1 aromatic heterocycles. The van der Waals surface area contributed by atoms with Crippen molar-refractivity contribution in [1.82, 2.24) is 14.8 Å². The average Bonchev–Trinajstić information content (AvgIpc) is 2.93. The van der Waals surface area contributed by atoms with Gasteiger partial charge in [-0.25, -0.2) is 4.79 Å². The monoisotopic (exact) mass is 364 g/mol. The highest BCUT2D eigenvalue weighted by atomic mass is 32.1. The number of esters is 1. The van der Waals surface area contributed by atoms with Crippen LogP contribution in [0.4, 0.5) is 5.69 Å². The third-order valence-electron chi connectivity index (χ3n) is 3.31. The number of anilines is 1. The minimum atomic E-state index is -0.479. The molecule has 25 heavy (non-hydrogen) atoms. The minimum Gasteiger partial charge on any atom is -0.482 e. The first-order chi connectivity index (χ1) is 12.0. The summed E-state index contributed by atoms with van der Waals surface area (Å²) in [5.41, 5.74) is 0.555. The Hall–Kier alpha value is -2.68. The van der Waals surface area contributed by atoms with Crippen LogP contribution in [0.15, 0.2) is 24.3 Å². The first-order valence-electron chi connectivity index (χ1n) is 7.77. The molecule has 9 heteroatoms. The van der Waals surface area contributed by atoms with E-state index in [4.69, 9.17) is 17.0 Å². The van der Waals surface area contributed by atoms with Crippen LogP contribution < -0.4 is 10.1 Å². The van der Waals surface area contributed by atoms with Crippen molar-refractivity contribution in [3.05, 3.63) is 34.9 Å². The number of hydrogen-bond acceptors (Lipinski definition) is 6. The van der Waals surface area contributed by atoms with Gasteiger partial charge in [0.2, 0.25) is 5.91 Å². The zero-order valence-corrected chi connectivity index (χ0v) is 14.9. The third kappa shape index (κ3) is 5.42. The smallest absolute Gasteiger partial charge is 0.343 e. The van der Waals surface area contributed by atoms with Crippen LogP contribution in [0.5, 0.6) is 5.75 Å². The molecule has 0 saturated heterocycles. The summed E-state index contributed by atoms with van der Waals surface area (Å²) in [6.07, 6.45) is 1.64. The summed E-state index contributed by atoms with van der Waals surface area (Å²) in [6, 6.07) is 6.76. The molecular formula is C16H20N4O4S. The number of H-pyrrole nitrogens is 1. The molecule has 2 rings (SSSR count). The molecule has 2 aromatic rings. The lowest BCUT2D eigenvalue weighted by Crippen LogP contribution is -2.20. The first kappa shape index (κ1) is 18.7. The number of nitrogens with zero attached hydrogens (tertiary/aromatic N) is 2. The second-order valence-electron chi connectivity index (χ2n) is 5.22. The van der Waals surface area contributed by atoms with Crippen molar-refractivity contribution < 1.29 is 19.1 Å². The van der Waals surface area contributed by atoms with E-state index in [1.807, 2.05) is 6.92 Å². The molecule has 0 bridgehead atoms. The molecule has 0 aliphatic heterocycles. The van der Waals surface area contributed by atoms with Gasteiger partial charge in [-0.1, -0.05) is 13.0 Å². The van der Waals surface area contributed by atoms with Crippen LogP contribution in [0.1, 0.15) is 19.2 Å². The molecule has 0 spiro atoms. The highest BCUT2D eigenvalue weighted by molar-refractivity contribution is 7.71. The molecular weight excluding hydrogens is 344 g/mol. The Labute approximate surface area is 150 Å². The van der Waals surface area contributed by atoms with Crippen molar-refractivity contribution in [3.63, 3.8) is 0 Å². The predicted octanol–water partition coefficient (Wildman–Crippen LogP) is 2.08.